The molecule has 0 unspecified atom stereocenters. The van der Waals surface area contributed by atoms with Crippen molar-refractivity contribution in [3.8, 4) is 0 Å². The number of ether oxygens (including phenoxy) is 8. The van der Waals surface area contributed by atoms with Crippen molar-refractivity contribution >= 4 is 11.9 Å². The van der Waals surface area contributed by atoms with Crippen LogP contribution in [-0.4, -0.2) is 216 Å². The first-order chi connectivity index (χ1) is 36.0. The first kappa shape index (κ1) is 60.8. The van der Waals surface area contributed by atoms with Crippen LogP contribution in [0.1, 0.15) is 114 Å². The van der Waals surface area contributed by atoms with E-state index >= 15 is 0 Å². The van der Waals surface area contributed by atoms with Gasteiger partial charge < -0.3 is 99.2 Å². The molecule has 0 aromatic rings. The van der Waals surface area contributed by atoms with Crippen LogP contribution in [0.2, 0.25) is 0 Å². The lowest BCUT2D eigenvalue weighted by Gasteiger charge is -2.73. The number of aliphatic hydroxyl groups is 12. The minimum Gasteiger partial charge on any atom is -0.464 e. The largest absolute Gasteiger partial charge is 0.464 e. The van der Waals surface area contributed by atoms with Crippen molar-refractivity contribution in [2.24, 2.45) is 50.2 Å². The Kier molecular flexibility index (Phi) is 17.5. The lowest BCUT2D eigenvalue weighted by atomic mass is 9.32. The number of allylic oxidation sites excluding steroid dienone is 2. The van der Waals surface area contributed by atoms with Crippen LogP contribution in [0.4, 0.5) is 0 Å². The van der Waals surface area contributed by atoms with Crippen molar-refractivity contribution in [3.63, 3.8) is 0 Å². The minimum atomic E-state index is -2.00. The van der Waals surface area contributed by atoms with E-state index in [-0.39, 0.29) is 18.4 Å². The summed E-state index contributed by atoms with van der Waals surface area (Å²) in [5.41, 5.74) is -3.96. The average molecular weight is 1100 g/mol. The number of carbonyl (C=O) groups excluding carboxylic acids is 2. The van der Waals surface area contributed by atoms with Gasteiger partial charge in [-0.05, 0) is 92.8 Å². The first-order valence-electron chi connectivity index (χ1n) is 27.6. The molecule has 3 heterocycles. The number of aliphatic hydroxyl groups excluding tert-OH is 12. The second-order valence-corrected chi connectivity index (χ2v) is 25.5. The summed E-state index contributed by atoms with van der Waals surface area (Å²) in [4.78, 5) is 26.7. The van der Waals surface area contributed by atoms with Gasteiger partial charge in [-0.2, -0.15) is 0 Å². The third kappa shape index (κ3) is 9.60. The van der Waals surface area contributed by atoms with Gasteiger partial charge in [0.15, 0.2) is 25.0 Å². The monoisotopic (exact) mass is 1100 g/mol. The molecular formula is C55H88O22. The van der Waals surface area contributed by atoms with E-state index in [1.54, 1.807) is 26.8 Å². The number of esters is 2. The van der Waals surface area contributed by atoms with Crippen LogP contribution in [0.25, 0.3) is 0 Å². The van der Waals surface area contributed by atoms with Gasteiger partial charge in [0.1, 0.15) is 73.2 Å². The Morgan fingerprint density at radius 2 is 1.39 bits per heavy atom. The zero-order valence-electron chi connectivity index (χ0n) is 46.1. The zero-order chi connectivity index (χ0) is 56.9. The van der Waals surface area contributed by atoms with E-state index in [0.29, 0.717) is 50.5 Å². The average Bonchev–Trinajstić information content (AvgIpc) is 3.38. The van der Waals surface area contributed by atoms with Gasteiger partial charge in [0.25, 0.3) is 0 Å². The second-order valence-electron chi connectivity index (χ2n) is 25.5. The van der Waals surface area contributed by atoms with E-state index in [0.717, 1.165) is 5.57 Å². The van der Waals surface area contributed by atoms with Crippen LogP contribution in [0.15, 0.2) is 23.3 Å². The predicted molar refractivity (Wildman–Crippen MR) is 267 cm³/mol. The first-order valence-corrected chi connectivity index (χ1v) is 27.6. The molecule has 440 valence electrons. The molecule has 0 amide bonds. The predicted octanol–water partition coefficient (Wildman–Crippen LogP) is -0.386. The maximum Gasteiger partial charge on any atom is 0.338 e. The molecule has 4 saturated carbocycles. The SMILES string of the molecule is C/C=C(/C)C(=O)O[C@H]1[C@H](O)[C@]2(CO)[C@H](O)[C@H](O)[C@]3(C)C(=CC[C@@H]4[C@@]5(C)CC[C@H](O[C@@H]6O[C@H](C(=O)OCCC)[C@H](O)[C@H](O[C@@H]7O[C@H](CO)[C@@H](O[C@@H]8OC[C@@H](O)[C@@H](O)[C@@H]8O)[C@H](O)[C@H]7O)[C@H]6O)C(C)(C)[C@@H]5CC[C@]43C)[C@@H]2CC1(C)C. The van der Waals surface area contributed by atoms with Gasteiger partial charge >= 0.3 is 11.9 Å². The molecule has 3 saturated heterocycles. The van der Waals surface area contributed by atoms with E-state index in [9.17, 15) is 70.9 Å². The van der Waals surface area contributed by atoms with Crippen molar-refractivity contribution in [2.75, 3.05) is 26.4 Å². The smallest absolute Gasteiger partial charge is 0.338 e. The van der Waals surface area contributed by atoms with E-state index in [1.807, 2.05) is 20.8 Å². The van der Waals surface area contributed by atoms with Gasteiger partial charge in [0.2, 0.25) is 0 Å². The van der Waals surface area contributed by atoms with Crippen molar-refractivity contribution in [2.45, 2.75) is 231 Å². The molecule has 0 bridgehead atoms. The number of carbonyl (C=O) groups is 2. The molecule has 7 fully saturated rings. The molecule has 77 heavy (non-hydrogen) atoms. The minimum absolute atomic E-state index is 0.0320. The molecule has 5 aliphatic carbocycles. The topological polar surface area (TPSA) is 351 Å². The van der Waals surface area contributed by atoms with Crippen molar-refractivity contribution < 1.29 is 109 Å². The Morgan fingerprint density at radius 3 is 2.03 bits per heavy atom. The Morgan fingerprint density at radius 1 is 0.740 bits per heavy atom. The van der Waals surface area contributed by atoms with Gasteiger partial charge in [0.05, 0.1) is 50.2 Å². The second kappa shape index (κ2) is 22.1. The maximum absolute atomic E-state index is 13.6. The van der Waals surface area contributed by atoms with Crippen molar-refractivity contribution in [3.05, 3.63) is 23.3 Å². The zero-order valence-corrected chi connectivity index (χ0v) is 46.1. The lowest BCUT2D eigenvalue weighted by Crippen LogP contribution is -2.76. The molecule has 0 aromatic heterocycles. The molecule has 0 spiro atoms. The highest BCUT2D eigenvalue weighted by atomic mass is 16.8. The molecule has 12 N–H and O–H groups in total. The molecule has 22 nitrogen and oxygen atoms in total. The Balaban J connectivity index is 1.03. The fourth-order valence-electron chi connectivity index (χ4n) is 16.0. The van der Waals surface area contributed by atoms with Gasteiger partial charge in [0, 0.05) is 16.4 Å². The molecule has 0 aromatic carbocycles. The van der Waals surface area contributed by atoms with Crippen molar-refractivity contribution in [1.82, 2.24) is 0 Å². The molecular weight excluding hydrogens is 1010 g/mol. The highest BCUT2D eigenvalue weighted by molar-refractivity contribution is 5.87. The highest BCUT2D eigenvalue weighted by Gasteiger charge is 2.75. The summed E-state index contributed by atoms with van der Waals surface area (Å²) in [6.45, 7) is 17.5. The summed E-state index contributed by atoms with van der Waals surface area (Å²) in [5.74, 6) is -2.29. The summed E-state index contributed by atoms with van der Waals surface area (Å²) in [6, 6.07) is 0. The van der Waals surface area contributed by atoms with Crippen molar-refractivity contribution in [1.29, 1.82) is 0 Å². The van der Waals surface area contributed by atoms with Gasteiger partial charge in [-0.25, -0.2) is 9.59 Å². The third-order valence-electron chi connectivity index (χ3n) is 20.8. The van der Waals surface area contributed by atoms with Crippen LogP contribution in [0, 0.1) is 50.2 Å². The maximum atomic E-state index is 13.6. The normalized spacial score (nSPS) is 50.5. The Labute approximate surface area is 450 Å². The van der Waals surface area contributed by atoms with Crippen LogP contribution < -0.4 is 0 Å². The number of hydrogen-bond donors (Lipinski definition) is 12. The fraction of sp³-hybridized carbons (Fsp3) is 0.891. The molecule has 8 rings (SSSR count). The van der Waals surface area contributed by atoms with E-state index in [2.05, 4.69) is 33.8 Å². The number of rotatable bonds is 13. The molecule has 26 atom stereocenters. The summed E-state index contributed by atoms with van der Waals surface area (Å²) in [6.07, 6.45) is -23.3. The van der Waals surface area contributed by atoms with Crippen LogP contribution in [0.5, 0.6) is 0 Å². The number of hydrogen-bond acceptors (Lipinski definition) is 22. The Bertz CT molecular complexity index is 2190. The molecule has 22 heteroatoms. The van der Waals surface area contributed by atoms with Gasteiger partial charge in [-0.15, -0.1) is 0 Å². The van der Waals surface area contributed by atoms with Gasteiger partial charge in [-0.1, -0.05) is 73.1 Å². The molecule has 8 aliphatic rings. The summed E-state index contributed by atoms with van der Waals surface area (Å²) in [5, 5.41) is 136. The summed E-state index contributed by atoms with van der Waals surface area (Å²) < 4.78 is 47.0. The van der Waals surface area contributed by atoms with Gasteiger partial charge in [-0.3, -0.25) is 0 Å². The lowest BCUT2D eigenvalue weighted by molar-refractivity contribution is -0.378. The fourth-order valence-corrected chi connectivity index (χ4v) is 16.0. The molecule has 0 radical (unpaired) electrons. The van der Waals surface area contributed by atoms with E-state index < -0.39 is 187 Å². The van der Waals surface area contributed by atoms with E-state index in [1.165, 1.54) is 0 Å². The number of fused-ring (bicyclic) bond motifs is 7. The Hall–Kier alpha value is -2.30. The standard InChI is InChI=1S/C55H88O22/c1-11-19-70-46(69)40-36(63)39(75-48-35(62)33(60)38(28(21-56)72-48)74-47-34(61)32(59)27(58)22-71-47)37(64)49(76-40)73-31-16-17-52(8)29(51(31,6)7)15-18-53(9)30(52)14-13-25-26-20-50(4,5)44(77-45(68)24(3)12-2)43(67)55(26,23-57)42(66)41(65)54(25,53)10/h12-13,26-44,47-49,56-67H,11,14-23H2,1-10H3/b24-12-/t26-,27+,28+,29-,30+,31-,32+,33+,34-,35+,36+,37+,38+,39-,40-,41-,42+,43-,44-,47-,48-,49+,52-,53+,54-,55-/m0/s1. The molecule has 3 aliphatic heterocycles. The third-order valence-corrected chi connectivity index (χ3v) is 20.8. The van der Waals surface area contributed by atoms with Crippen LogP contribution in [0.3, 0.4) is 0 Å². The summed E-state index contributed by atoms with van der Waals surface area (Å²) >= 11 is 0. The quantitative estimate of drug-likeness (QED) is 0.0484. The highest BCUT2D eigenvalue weighted by Crippen LogP contribution is 2.76. The summed E-state index contributed by atoms with van der Waals surface area (Å²) in [7, 11) is 0. The van der Waals surface area contributed by atoms with Crippen LogP contribution in [-0.2, 0) is 47.5 Å². The van der Waals surface area contributed by atoms with Crippen LogP contribution >= 0.6 is 0 Å². The van der Waals surface area contributed by atoms with E-state index in [4.69, 9.17) is 37.9 Å².